The molecule has 2 nitrogen and oxygen atoms in total. The van der Waals surface area contributed by atoms with E-state index in [0.717, 1.165) is 25.4 Å². The molecule has 1 unspecified atom stereocenters. The summed E-state index contributed by atoms with van der Waals surface area (Å²) >= 11 is 3.67. The van der Waals surface area contributed by atoms with Gasteiger partial charge in [0, 0.05) is 23.2 Å². The molecule has 2 fully saturated rings. The van der Waals surface area contributed by atoms with Gasteiger partial charge in [-0.05, 0) is 57.1 Å². The largest absolute Gasteiger partial charge is 0.375 e. The maximum atomic E-state index is 5.79. The zero-order chi connectivity index (χ0) is 14.2. The SMILES string of the molecule is CC1(C)CC(NC2CC(c3ccccc3Br)C2)CCO1. The van der Waals surface area contributed by atoms with Crippen LogP contribution in [0.1, 0.15) is 51.0 Å². The third-order valence-corrected chi connectivity index (χ3v) is 5.37. The van der Waals surface area contributed by atoms with Crippen LogP contribution in [0, 0.1) is 0 Å². The van der Waals surface area contributed by atoms with E-state index in [-0.39, 0.29) is 5.60 Å². The van der Waals surface area contributed by atoms with Crippen molar-refractivity contribution in [3.05, 3.63) is 34.3 Å². The summed E-state index contributed by atoms with van der Waals surface area (Å²) in [5.41, 5.74) is 1.51. The normalized spacial score (nSPS) is 32.6. The Kier molecular flexibility index (Phi) is 4.21. The van der Waals surface area contributed by atoms with Gasteiger partial charge in [-0.3, -0.25) is 0 Å². The van der Waals surface area contributed by atoms with Crippen LogP contribution in [-0.2, 0) is 4.74 Å². The van der Waals surface area contributed by atoms with Gasteiger partial charge in [-0.2, -0.15) is 0 Å². The van der Waals surface area contributed by atoms with E-state index < -0.39 is 0 Å². The Balaban J connectivity index is 1.50. The molecule has 3 heteroatoms. The second-order valence-corrected chi connectivity index (χ2v) is 7.71. The van der Waals surface area contributed by atoms with Gasteiger partial charge in [0.2, 0.25) is 0 Å². The Labute approximate surface area is 130 Å². The Morgan fingerprint density at radius 1 is 1.20 bits per heavy atom. The van der Waals surface area contributed by atoms with Gasteiger partial charge in [-0.1, -0.05) is 34.1 Å². The van der Waals surface area contributed by atoms with Crippen LogP contribution < -0.4 is 5.32 Å². The van der Waals surface area contributed by atoms with E-state index in [1.165, 1.54) is 22.9 Å². The van der Waals surface area contributed by atoms with Crippen molar-refractivity contribution in [2.45, 2.75) is 63.1 Å². The topological polar surface area (TPSA) is 21.3 Å². The lowest BCUT2D eigenvalue weighted by atomic mass is 9.75. The molecule has 0 aromatic heterocycles. The fourth-order valence-corrected chi connectivity index (χ4v) is 4.13. The van der Waals surface area contributed by atoms with Crippen LogP contribution in [-0.4, -0.2) is 24.3 Å². The number of rotatable bonds is 3. The van der Waals surface area contributed by atoms with E-state index in [2.05, 4.69) is 59.4 Å². The van der Waals surface area contributed by atoms with Gasteiger partial charge < -0.3 is 10.1 Å². The maximum Gasteiger partial charge on any atom is 0.0641 e. The summed E-state index contributed by atoms with van der Waals surface area (Å²) < 4.78 is 7.05. The minimum Gasteiger partial charge on any atom is -0.375 e. The summed E-state index contributed by atoms with van der Waals surface area (Å²) in [4.78, 5) is 0. The van der Waals surface area contributed by atoms with Crippen LogP contribution in [0.4, 0.5) is 0 Å². The molecule has 0 bridgehead atoms. The summed E-state index contributed by atoms with van der Waals surface area (Å²) in [6.45, 7) is 5.29. The fourth-order valence-electron chi connectivity index (χ4n) is 3.52. The Bertz CT molecular complexity index is 468. The summed E-state index contributed by atoms with van der Waals surface area (Å²) in [5, 5.41) is 3.83. The first-order valence-corrected chi connectivity index (χ1v) is 8.47. The fraction of sp³-hybridized carbons (Fsp3) is 0.647. The molecule has 1 aromatic rings. The highest BCUT2D eigenvalue weighted by atomic mass is 79.9. The second kappa shape index (κ2) is 5.78. The molecule has 1 saturated carbocycles. The summed E-state index contributed by atoms with van der Waals surface area (Å²) in [7, 11) is 0. The number of hydrogen-bond acceptors (Lipinski definition) is 2. The predicted octanol–water partition coefficient (Wildman–Crippen LogP) is 4.24. The Morgan fingerprint density at radius 3 is 2.65 bits per heavy atom. The van der Waals surface area contributed by atoms with E-state index in [9.17, 15) is 0 Å². The number of halogens is 1. The monoisotopic (exact) mass is 337 g/mol. The molecule has 1 aliphatic heterocycles. The Morgan fingerprint density at radius 2 is 1.95 bits per heavy atom. The molecular weight excluding hydrogens is 314 g/mol. The van der Waals surface area contributed by atoms with Crippen molar-refractivity contribution in [2.24, 2.45) is 0 Å². The predicted molar refractivity (Wildman–Crippen MR) is 86.1 cm³/mol. The maximum absolute atomic E-state index is 5.79. The van der Waals surface area contributed by atoms with Gasteiger partial charge in [0.15, 0.2) is 0 Å². The molecule has 1 aromatic carbocycles. The van der Waals surface area contributed by atoms with Crippen molar-refractivity contribution in [3.8, 4) is 0 Å². The average Bonchev–Trinajstić information content (AvgIpc) is 2.33. The van der Waals surface area contributed by atoms with Gasteiger partial charge in [-0.15, -0.1) is 0 Å². The van der Waals surface area contributed by atoms with E-state index >= 15 is 0 Å². The van der Waals surface area contributed by atoms with Crippen molar-refractivity contribution in [1.29, 1.82) is 0 Å². The third kappa shape index (κ3) is 3.26. The lowest BCUT2D eigenvalue weighted by molar-refractivity contribution is -0.0655. The van der Waals surface area contributed by atoms with Crippen LogP contribution in [0.15, 0.2) is 28.7 Å². The van der Waals surface area contributed by atoms with Crippen LogP contribution in [0.3, 0.4) is 0 Å². The molecule has 0 radical (unpaired) electrons. The smallest absolute Gasteiger partial charge is 0.0641 e. The third-order valence-electron chi connectivity index (χ3n) is 4.65. The molecular formula is C17H24BrNO. The van der Waals surface area contributed by atoms with Gasteiger partial charge >= 0.3 is 0 Å². The van der Waals surface area contributed by atoms with E-state index in [0.29, 0.717) is 12.1 Å². The highest BCUT2D eigenvalue weighted by Crippen LogP contribution is 2.40. The zero-order valence-electron chi connectivity index (χ0n) is 12.4. The number of nitrogens with one attached hydrogen (secondary N) is 1. The van der Waals surface area contributed by atoms with Gasteiger partial charge in [-0.25, -0.2) is 0 Å². The number of hydrogen-bond donors (Lipinski definition) is 1. The van der Waals surface area contributed by atoms with Crippen LogP contribution in [0.2, 0.25) is 0 Å². The molecule has 0 spiro atoms. The lowest BCUT2D eigenvalue weighted by Gasteiger charge is -2.42. The van der Waals surface area contributed by atoms with Crippen molar-refractivity contribution in [1.82, 2.24) is 5.32 Å². The molecule has 1 saturated heterocycles. The lowest BCUT2D eigenvalue weighted by Crippen LogP contribution is -2.50. The average molecular weight is 338 g/mol. The van der Waals surface area contributed by atoms with Crippen LogP contribution in [0.5, 0.6) is 0 Å². The molecule has 3 rings (SSSR count). The molecule has 2 aliphatic rings. The van der Waals surface area contributed by atoms with Gasteiger partial charge in [0.1, 0.15) is 0 Å². The molecule has 20 heavy (non-hydrogen) atoms. The minimum absolute atomic E-state index is 0.0432. The van der Waals surface area contributed by atoms with Crippen LogP contribution >= 0.6 is 15.9 Å². The van der Waals surface area contributed by atoms with E-state index in [1.807, 2.05) is 0 Å². The first kappa shape index (κ1) is 14.6. The van der Waals surface area contributed by atoms with E-state index in [4.69, 9.17) is 4.74 Å². The second-order valence-electron chi connectivity index (χ2n) is 6.85. The minimum atomic E-state index is 0.0432. The van der Waals surface area contributed by atoms with Crippen molar-refractivity contribution < 1.29 is 4.74 Å². The standard InChI is InChI=1S/C17H24BrNO/c1-17(2)11-13(7-8-20-17)19-14-9-12(10-14)15-5-3-4-6-16(15)18/h3-6,12-14,19H,7-11H2,1-2H3. The summed E-state index contributed by atoms with van der Waals surface area (Å²) in [6, 6.07) is 9.95. The van der Waals surface area contributed by atoms with Crippen molar-refractivity contribution >= 4 is 15.9 Å². The summed E-state index contributed by atoms with van der Waals surface area (Å²) in [6.07, 6.45) is 4.81. The first-order valence-electron chi connectivity index (χ1n) is 7.68. The zero-order valence-corrected chi connectivity index (χ0v) is 13.9. The highest BCUT2D eigenvalue weighted by molar-refractivity contribution is 9.10. The van der Waals surface area contributed by atoms with E-state index in [1.54, 1.807) is 0 Å². The first-order chi connectivity index (χ1) is 9.53. The quantitative estimate of drug-likeness (QED) is 0.890. The van der Waals surface area contributed by atoms with Gasteiger partial charge in [0.05, 0.1) is 5.60 Å². The molecule has 1 heterocycles. The number of benzene rings is 1. The molecule has 1 N–H and O–H groups in total. The molecule has 0 amide bonds. The Hall–Kier alpha value is -0.380. The summed E-state index contributed by atoms with van der Waals surface area (Å²) in [5.74, 6) is 0.718. The molecule has 110 valence electrons. The van der Waals surface area contributed by atoms with Crippen molar-refractivity contribution in [3.63, 3.8) is 0 Å². The van der Waals surface area contributed by atoms with Crippen molar-refractivity contribution in [2.75, 3.05) is 6.61 Å². The van der Waals surface area contributed by atoms with Crippen LogP contribution in [0.25, 0.3) is 0 Å². The molecule has 1 atom stereocenters. The molecule has 1 aliphatic carbocycles. The van der Waals surface area contributed by atoms with Gasteiger partial charge in [0.25, 0.3) is 0 Å². The highest BCUT2D eigenvalue weighted by Gasteiger charge is 2.35. The number of ether oxygens (including phenoxy) is 1.